The zero-order valence-corrected chi connectivity index (χ0v) is 14.6. The molecule has 0 aliphatic carbocycles. The Bertz CT molecular complexity index is 1150. The minimum absolute atomic E-state index is 0.168. The molecule has 0 amide bonds. The lowest BCUT2D eigenvalue weighted by Crippen LogP contribution is -2.48. The van der Waals surface area contributed by atoms with Crippen molar-refractivity contribution in [2.75, 3.05) is 0 Å². The first kappa shape index (κ1) is 17.5. The molecule has 1 N–H and O–H groups in total. The number of hydrogen-bond donors (Lipinski definition) is 1. The number of benzene rings is 2. The highest BCUT2D eigenvalue weighted by Crippen LogP contribution is 2.28. The molecule has 0 aliphatic rings. The monoisotopic (exact) mass is 366 g/mol. The van der Waals surface area contributed by atoms with Gasteiger partial charge in [0.05, 0.1) is 17.3 Å². The van der Waals surface area contributed by atoms with Crippen molar-refractivity contribution >= 4 is 11.8 Å². The molecule has 0 aliphatic heterocycles. The Kier molecular flexibility index (Phi) is 4.91. The highest BCUT2D eigenvalue weighted by atomic mass is 32.2. The quantitative estimate of drug-likeness (QED) is 0.758. The van der Waals surface area contributed by atoms with Crippen LogP contribution in [0.3, 0.4) is 0 Å². The largest absolute Gasteiger partial charge is 0.340 e. The molecule has 26 heavy (non-hydrogen) atoms. The number of hydrogen-bond acceptors (Lipinski definition) is 5. The van der Waals surface area contributed by atoms with Crippen LogP contribution in [0, 0.1) is 11.3 Å². The van der Waals surface area contributed by atoms with Crippen LogP contribution in [0.25, 0.3) is 5.69 Å². The van der Waals surface area contributed by atoms with E-state index in [1.54, 1.807) is 43.3 Å². The maximum absolute atomic E-state index is 12.4. The van der Waals surface area contributed by atoms with Crippen LogP contribution in [-0.4, -0.2) is 14.1 Å². The van der Waals surface area contributed by atoms with Crippen molar-refractivity contribution in [3.8, 4) is 11.8 Å². The third kappa shape index (κ3) is 3.38. The van der Waals surface area contributed by atoms with Gasteiger partial charge in [0.25, 0.3) is 0 Å². The van der Waals surface area contributed by atoms with Crippen molar-refractivity contribution in [2.24, 2.45) is 0 Å². The summed E-state index contributed by atoms with van der Waals surface area (Å²) in [6.07, 6.45) is 0. The van der Waals surface area contributed by atoms with Gasteiger partial charge in [0.1, 0.15) is 0 Å². The zero-order valence-electron chi connectivity index (χ0n) is 13.8. The van der Waals surface area contributed by atoms with E-state index in [1.165, 1.54) is 11.8 Å². The number of nitriles is 1. The Labute approximate surface area is 152 Å². The van der Waals surface area contributed by atoms with Gasteiger partial charge < -0.3 is 0 Å². The van der Waals surface area contributed by atoms with Gasteiger partial charge >= 0.3 is 17.1 Å². The lowest BCUT2D eigenvalue weighted by atomic mass is 10.2. The fraction of sp³-hybridized carbons (Fsp3) is 0.111. The van der Waals surface area contributed by atoms with Crippen LogP contribution in [0.2, 0.25) is 0 Å². The van der Waals surface area contributed by atoms with Gasteiger partial charge in [-0.1, -0.05) is 11.8 Å². The smallest absolute Gasteiger partial charge is 0.258 e. The van der Waals surface area contributed by atoms with Gasteiger partial charge in [0, 0.05) is 16.3 Å². The second-order valence-electron chi connectivity index (χ2n) is 5.33. The van der Waals surface area contributed by atoms with Gasteiger partial charge in [-0.25, -0.2) is 23.5 Å². The number of H-pyrrole nitrogens is 1. The van der Waals surface area contributed by atoms with Crippen LogP contribution < -0.4 is 17.1 Å². The van der Waals surface area contributed by atoms with Crippen molar-refractivity contribution in [1.82, 2.24) is 14.1 Å². The van der Waals surface area contributed by atoms with Crippen LogP contribution in [0.5, 0.6) is 0 Å². The van der Waals surface area contributed by atoms with Gasteiger partial charge in [-0.2, -0.15) is 5.26 Å². The van der Waals surface area contributed by atoms with Crippen molar-refractivity contribution in [3.63, 3.8) is 0 Å². The molecular formula is C18H14N4O3S. The molecule has 0 atom stereocenters. The number of aromatic nitrogens is 3. The topological polar surface area (TPSA) is 101 Å². The normalized spacial score (nSPS) is 10.5. The van der Waals surface area contributed by atoms with E-state index < -0.39 is 17.1 Å². The van der Waals surface area contributed by atoms with Crippen molar-refractivity contribution in [2.45, 2.75) is 23.3 Å². The highest BCUT2D eigenvalue weighted by Gasteiger charge is 2.10. The Hall–Kier alpha value is -3.31. The van der Waals surface area contributed by atoms with E-state index in [1.807, 2.05) is 12.1 Å². The lowest BCUT2D eigenvalue weighted by Gasteiger charge is -2.08. The van der Waals surface area contributed by atoms with E-state index >= 15 is 0 Å². The summed E-state index contributed by atoms with van der Waals surface area (Å²) in [5, 5.41) is 8.82. The molecule has 0 unspecified atom stereocenters. The zero-order chi connectivity index (χ0) is 18.7. The lowest BCUT2D eigenvalue weighted by molar-refractivity contribution is 0.599. The molecule has 8 heteroatoms. The second-order valence-corrected chi connectivity index (χ2v) is 6.48. The average molecular weight is 366 g/mol. The molecule has 2 aromatic carbocycles. The van der Waals surface area contributed by atoms with E-state index in [0.29, 0.717) is 11.3 Å². The number of aromatic amines is 1. The van der Waals surface area contributed by atoms with Crippen LogP contribution in [0.1, 0.15) is 12.5 Å². The summed E-state index contributed by atoms with van der Waals surface area (Å²) in [5.74, 6) is 0. The van der Waals surface area contributed by atoms with Gasteiger partial charge in [-0.3, -0.25) is 4.98 Å². The van der Waals surface area contributed by atoms with E-state index in [9.17, 15) is 14.4 Å². The molecule has 3 rings (SSSR count). The molecule has 0 fully saturated rings. The number of nitrogens with zero attached hydrogens (tertiary/aromatic N) is 3. The molecule has 0 saturated carbocycles. The van der Waals surface area contributed by atoms with Crippen molar-refractivity contribution in [1.29, 1.82) is 5.26 Å². The first-order valence-corrected chi connectivity index (χ1v) is 8.59. The molecule has 7 nitrogen and oxygen atoms in total. The summed E-state index contributed by atoms with van der Waals surface area (Å²) in [6, 6.07) is 16.1. The minimum Gasteiger partial charge on any atom is -0.258 e. The Morgan fingerprint density at radius 3 is 2.08 bits per heavy atom. The van der Waals surface area contributed by atoms with Crippen LogP contribution in [-0.2, 0) is 6.54 Å². The standard InChI is InChI=1S/C18H14N4O3S/c1-2-21-16(23)20-17(24)22(18(21)25)13-5-9-15(10-6-13)26-14-7-3-12(11-19)4-8-14/h3-10H,2H2,1H3,(H,20,23,24). The number of nitrogens with one attached hydrogen (secondary N) is 1. The van der Waals surface area contributed by atoms with E-state index in [0.717, 1.165) is 18.9 Å². The maximum Gasteiger partial charge on any atom is 0.340 e. The molecule has 0 radical (unpaired) electrons. The average Bonchev–Trinajstić information content (AvgIpc) is 2.64. The summed E-state index contributed by atoms with van der Waals surface area (Å²) < 4.78 is 1.89. The maximum atomic E-state index is 12.4. The third-order valence-corrected chi connectivity index (χ3v) is 4.73. The Morgan fingerprint density at radius 1 is 0.962 bits per heavy atom. The molecule has 130 valence electrons. The molecule has 1 aromatic heterocycles. The third-order valence-electron chi connectivity index (χ3n) is 3.71. The van der Waals surface area contributed by atoms with Gasteiger partial charge in [0.15, 0.2) is 0 Å². The van der Waals surface area contributed by atoms with Gasteiger partial charge in [-0.05, 0) is 55.5 Å². The van der Waals surface area contributed by atoms with Gasteiger partial charge in [0.2, 0.25) is 0 Å². The summed E-state index contributed by atoms with van der Waals surface area (Å²) in [6.45, 7) is 1.82. The second kappa shape index (κ2) is 7.29. The minimum atomic E-state index is -0.766. The van der Waals surface area contributed by atoms with Crippen LogP contribution in [0.15, 0.2) is 72.7 Å². The molecule has 0 saturated heterocycles. The molecule has 0 spiro atoms. The van der Waals surface area contributed by atoms with E-state index in [-0.39, 0.29) is 6.54 Å². The fourth-order valence-electron chi connectivity index (χ4n) is 2.41. The SMILES string of the molecule is CCn1c(=O)[nH]c(=O)n(-c2ccc(Sc3ccc(C#N)cc3)cc2)c1=O. The first-order chi connectivity index (χ1) is 12.5. The summed E-state index contributed by atoms with van der Waals surface area (Å²) in [4.78, 5) is 40.0. The van der Waals surface area contributed by atoms with Crippen molar-refractivity contribution in [3.05, 3.63) is 85.5 Å². The molecule has 3 aromatic rings. The molecule has 1 heterocycles. The summed E-state index contributed by atoms with van der Waals surface area (Å²) in [7, 11) is 0. The predicted octanol–water partition coefficient (Wildman–Crippen LogP) is 1.73. The molecular weight excluding hydrogens is 352 g/mol. The fourth-order valence-corrected chi connectivity index (χ4v) is 3.23. The first-order valence-electron chi connectivity index (χ1n) is 7.78. The Balaban J connectivity index is 1.93. The summed E-state index contributed by atoms with van der Waals surface area (Å²) >= 11 is 1.49. The Morgan fingerprint density at radius 2 is 1.54 bits per heavy atom. The van der Waals surface area contributed by atoms with Crippen molar-refractivity contribution < 1.29 is 0 Å². The number of rotatable bonds is 4. The molecule has 0 bridgehead atoms. The summed E-state index contributed by atoms with van der Waals surface area (Å²) in [5.41, 5.74) is -1.19. The highest BCUT2D eigenvalue weighted by molar-refractivity contribution is 7.99. The van der Waals surface area contributed by atoms with Crippen LogP contribution >= 0.6 is 11.8 Å². The predicted molar refractivity (Wildman–Crippen MR) is 97.9 cm³/mol. The van der Waals surface area contributed by atoms with E-state index in [2.05, 4.69) is 11.1 Å². The van der Waals surface area contributed by atoms with Gasteiger partial charge in [-0.15, -0.1) is 0 Å². The van der Waals surface area contributed by atoms with Crippen LogP contribution in [0.4, 0.5) is 0 Å². The van der Waals surface area contributed by atoms with E-state index in [4.69, 9.17) is 5.26 Å².